The predicted octanol–water partition coefficient (Wildman–Crippen LogP) is 3.29. The first kappa shape index (κ1) is 38.5. The van der Waals surface area contributed by atoms with E-state index in [0.717, 1.165) is 36.8 Å². The van der Waals surface area contributed by atoms with Gasteiger partial charge in [-0.25, -0.2) is 14.3 Å². The van der Waals surface area contributed by atoms with Gasteiger partial charge in [0, 0.05) is 31.5 Å². The van der Waals surface area contributed by atoms with Crippen LogP contribution in [0, 0.1) is 5.92 Å². The molecule has 290 valence electrons. The van der Waals surface area contributed by atoms with E-state index in [1.54, 1.807) is 25.7 Å². The van der Waals surface area contributed by atoms with Gasteiger partial charge in [-0.15, -0.1) is 0 Å². The van der Waals surface area contributed by atoms with Crippen molar-refractivity contribution in [1.82, 2.24) is 29.9 Å². The number of nitrogens with one attached hydrogen (secondary N) is 4. The predicted molar refractivity (Wildman–Crippen MR) is 193 cm³/mol. The van der Waals surface area contributed by atoms with Crippen LogP contribution in [0.2, 0.25) is 0 Å². The normalized spacial score (nSPS) is 28.1. The van der Waals surface area contributed by atoms with Crippen molar-refractivity contribution in [3.05, 3.63) is 47.5 Å². The molecule has 5 unspecified atom stereocenters. The Bertz CT molecular complexity index is 1700. The fourth-order valence-electron chi connectivity index (χ4n) is 7.80. The second-order valence-electron chi connectivity index (χ2n) is 15.9. The first-order valence-corrected chi connectivity index (χ1v) is 20.3. The molecule has 5 atom stereocenters. The molecule has 2 aliphatic carbocycles. The van der Waals surface area contributed by atoms with Crippen LogP contribution in [0.1, 0.15) is 103 Å². The minimum Gasteiger partial charge on any atom is -0.444 e. The van der Waals surface area contributed by atoms with Crippen LogP contribution in [0.15, 0.2) is 36.4 Å². The molecule has 16 heteroatoms. The number of hydrogen-bond donors (Lipinski definition) is 4. The van der Waals surface area contributed by atoms with Crippen LogP contribution in [0.3, 0.4) is 0 Å². The summed E-state index contributed by atoms with van der Waals surface area (Å²) < 4.78 is 42.1. The molecule has 1 aromatic rings. The average Bonchev–Trinajstić information content (AvgIpc) is 3.49. The number of fused-ring (bicyclic) bond motifs is 3. The van der Waals surface area contributed by atoms with Crippen molar-refractivity contribution < 1.29 is 41.9 Å². The Hall–Kier alpha value is -4.18. The lowest BCUT2D eigenvalue weighted by Gasteiger charge is -2.30. The molecule has 2 saturated carbocycles. The molecule has 3 fully saturated rings. The molecule has 0 radical (unpaired) electrons. The first-order valence-electron chi connectivity index (χ1n) is 18.8. The van der Waals surface area contributed by atoms with Crippen LogP contribution in [-0.2, 0) is 47.2 Å². The third kappa shape index (κ3) is 9.50. The maximum absolute atomic E-state index is 14.4. The monoisotopic (exact) mass is 756 g/mol. The van der Waals surface area contributed by atoms with Gasteiger partial charge in [-0.1, -0.05) is 62.1 Å². The van der Waals surface area contributed by atoms with Gasteiger partial charge in [0.25, 0.3) is 5.91 Å². The number of hydrogen-bond acceptors (Lipinski definition) is 9. The van der Waals surface area contributed by atoms with Crippen LogP contribution in [0.25, 0.3) is 0 Å². The van der Waals surface area contributed by atoms with Gasteiger partial charge < -0.3 is 25.0 Å². The summed E-state index contributed by atoms with van der Waals surface area (Å²) in [5, 5.41) is 5.52. The summed E-state index contributed by atoms with van der Waals surface area (Å²) >= 11 is 0. The molecule has 3 heterocycles. The maximum atomic E-state index is 14.4. The minimum absolute atomic E-state index is 0.0665. The molecule has 5 amide bonds. The van der Waals surface area contributed by atoms with E-state index >= 15 is 0 Å². The summed E-state index contributed by atoms with van der Waals surface area (Å²) in [6.07, 6.45) is 7.80. The highest BCUT2D eigenvalue weighted by Gasteiger charge is 2.62. The lowest BCUT2D eigenvalue weighted by Crippen LogP contribution is -2.59. The van der Waals surface area contributed by atoms with E-state index in [1.807, 2.05) is 36.4 Å². The van der Waals surface area contributed by atoms with Gasteiger partial charge in [0.15, 0.2) is 0 Å². The first-order chi connectivity index (χ1) is 25.1. The highest BCUT2D eigenvalue weighted by molar-refractivity contribution is 7.88. The number of carbonyl (C=O) groups is 5. The third-order valence-electron chi connectivity index (χ3n) is 10.6. The van der Waals surface area contributed by atoms with Crippen molar-refractivity contribution in [2.75, 3.05) is 6.54 Å². The summed E-state index contributed by atoms with van der Waals surface area (Å²) in [6.45, 7) is 5.74. The van der Waals surface area contributed by atoms with E-state index < -0.39 is 75.4 Å². The standard InChI is InChI=1S/C37H52N6O9S/c1-36(2,3)52-34(47)38-29-18-8-6-4-5-7-15-26-20-37(26,33(46)41-53(49,50)40-27-16-11-12-17-27)39-31(44)30-19-28(23-43(30)32(29)45)51-35(48)42-21-24-13-9-10-14-25(24)22-42/h7,9-10,13-15,26-30,40H,4-6,8,11-12,16-23H2,1-3H3,(H,38,47)(H,39,44)(H,41,46). The summed E-state index contributed by atoms with van der Waals surface area (Å²) in [7, 11) is -4.22. The second kappa shape index (κ2) is 15.7. The van der Waals surface area contributed by atoms with Gasteiger partial charge in [0.05, 0.1) is 6.54 Å². The van der Waals surface area contributed by atoms with Gasteiger partial charge in [-0.3, -0.25) is 19.3 Å². The number of rotatable bonds is 6. The molecule has 0 spiro atoms. The number of ether oxygens (including phenoxy) is 2. The average molecular weight is 757 g/mol. The van der Waals surface area contributed by atoms with Crippen molar-refractivity contribution >= 4 is 40.1 Å². The Morgan fingerprint density at radius 1 is 0.962 bits per heavy atom. The van der Waals surface area contributed by atoms with Gasteiger partial charge in [-0.2, -0.15) is 13.1 Å². The minimum atomic E-state index is -4.22. The van der Waals surface area contributed by atoms with Crippen molar-refractivity contribution in [3.8, 4) is 0 Å². The molecule has 5 aliphatic rings. The fourth-order valence-corrected chi connectivity index (χ4v) is 8.96. The Morgan fingerprint density at radius 2 is 1.64 bits per heavy atom. The van der Waals surface area contributed by atoms with Gasteiger partial charge in [-0.05, 0) is 70.4 Å². The van der Waals surface area contributed by atoms with E-state index in [9.17, 15) is 32.4 Å². The molecular weight excluding hydrogens is 705 g/mol. The topological polar surface area (TPSA) is 193 Å². The molecule has 15 nitrogen and oxygen atoms in total. The van der Waals surface area contributed by atoms with E-state index in [4.69, 9.17) is 9.47 Å². The summed E-state index contributed by atoms with van der Waals surface area (Å²) in [4.78, 5) is 71.6. The number of alkyl carbamates (subject to hydrolysis) is 1. The van der Waals surface area contributed by atoms with Crippen molar-refractivity contribution in [2.45, 2.75) is 140 Å². The van der Waals surface area contributed by atoms with Crippen LogP contribution < -0.4 is 20.1 Å². The van der Waals surface area contributed by atoms with Gasteiger partial charge in [0.1, 0.15) is 29.3 Å². The second-order valence-corrected chi connectivity index (χ2v) is 17.4. The Kier molecular flexibility index (Phi) is 11.4. The highest BCUT2D eigenvalue weighted by atomic mass is 32.2. The van der Waals surface area contributed by atoms with Crippen molar-refractivity contribution in [2.24, 2.45) is 5.92 Å². The van der Waals surface area contributed by atoms with E-state index in [1.165, 1.54) is 4.90 Å². The number of benzene rings is 1. The van der Waals surface area contributed by atoms with E-state index in [2.05, 4.69) is 20.1 Å². The fraction of sp³-hybridized carbons (Fsp3) is 0.649. The molecule has 4 N–H and O–H groups in total. The summed E-state index contributed by atoms with van der Waals surface area (Å²) in [5.41, 5.74) is -0.381. The van der Waals surface area contributed by atoms with E-state index in [-0.39, 0.29) is 31.8 Å². The molecule has 6 rings (SSSR count). The molecule has 3 aliphatic heterocycles. The Labute approximate surface area is 311 Å². The van der Waals surface area contributed by atoms with Gasteiger partial charge in [0.2, 0.25) is 11.8 Å². The zero-order valence-corrected chi connectivity index (χ0v) is 31.5. The molecule has 0 bridgehead atoms. The Balaban J connectivity index is 1.24. The molecule has 1 saturated heterocycles. The Morgan fingerprint density at radius 3 is 2.32 bits per heavy atom. The van der Waals surface area contributed by atoms with Gasteiger partial charge >= 0.3 is 22.4 Å². The smallest absolute Gasteiger partial charge is 0.410 e. The highest BCUT2D eigenvalue weighted by Crippen LogP contribution is 2.46. The third-order valence-corrected chi connectivity index (χ3v) is 11.7. The number of carbonyl (C=O) groups excluding carboxylic acids is 5. The van der Waals surface area contributed by atoms with Crippen molar-refractivity contribution in [1.29, 1.82) is 0 Å². The number of allylic oxidation sites excluding steroid dienone is 1. The largest absolute Gasteiger partial charge is 0.444 e. The lowest BCUT2D eigenvalue weighted by molar-refractivity contribution is -0.141. The molecule has 53 heavy (non-hydrogen) atoms. The zero-order valence-electron chi connectivity index (χ0n) is 30.7. The molecular formula is C37H52N6O9S. The zero-order chi connectivity index (χ0) is 38.0. The maximum Gasteiger partial charge on any atom is 0.410 e. The quantitative estimate of drug-likeness (QED) is 0.316. The molecule has 1 aromatic carbocycles. The van der Waals surface area contributed by atoms with E-state index in [0.29, 0.717) is 38.8 Å². The van der Waals surface area contributed by atoms with Crippen LogP contribution in [0.4, 0.5) is 9.59 Å². The SMILES string of the molecule is CC(C)(C)OC(=O)NC1CCCCCC=CC2CC2(C(=O)NS(=O)(=O)NC2CCCC2)NC(=O)C2CC(OC(=O)N3Cc4ccccc4C3)CN2C1=O. The van der Waals surface area contributed by atoms with Crippen LogP contribution >= 0.6 is 0 Å². The molecule has 0 aromatic heterocycles. The summed E-state index contributed by atoms with van der Waals surface area (Å²) in [5.74, 6) is -2.59. The van der Waals surface area contributed by atoms with Crippen LogP contribution in [0.5, 0.6) is 0 Å². The summed E-state index contributed by atoms with van der Waals surface area (Å²) in [6, 6.07) is 5.18. The lowest BCUT2D eigenvalue weighted by atomic mass is 10.0. The van der Waals surface area contributed by atoms with Crippen molar-refractivity contribution in [3.63, 3.8) is 0 Å². The number of amides is 5. The number of nitrogens with zero attached hydrogens (tertiary/aromatic N) is 2. The van der Waals surface area contributed by atoms with Crippen LogP contribution in [-0.4, -0.2) is 90.0 Å².